The number of nitrogens with zero attached hydrogens (tertiary/aromatic N) is 4. The van der Waals surface area contributed by atoms with Crippen molar-refractivity contribution in [3.05, 3.63) is 222 Å². The summed E-state index contributed by atoms with van der Waals surface area (Å²) in [6.07, 6.45) is 4.67. The molecule has 8 aromatic carbocycles. The zero-order valence-corrected chi connectivity index (χ0v) is 42.8. The van der Waals surface area contributed by atoms with Crippen molar-refractivity contribution >= 4 is 32.8 Å². The van der Waals surface area contributed by atoms with Gasteiger partial charge in [-0.2, -0.15) is 53.3 Å². The molecule has 0 fully saturated rings. The molecule has 0 saturated carbocycles. The first-order valence-corrected chi connectivity index (χ1v) is 23.4. The van der Waals surface area contributed by atoms with E-state index < -0.39 is 148 Å². The van der Waals surface area contributed by atoms with Crippen molar-refractivity contribution in [3.8, 4) is 62.1 Å². The fraction of sp³-hybridized carbons (Fsp3) is 0.156. The van der Waals surface area contributed by atoms with Crippen LogP contribution in [0.15, 0.2) is 176 Å². The van der Waals surface area contributed by atoms with Crippen molar-refractivity contribution in [1.29, 1.82) is 0 Å². The molecule has 0 spiro atoms. The topological polar surface area (TPSA) is 35.9 Å². The summed E-state index contributed by atoms with van der Waals surface area (Å²) in [5.41, 5.74) is -11.5. The van der Waals surface area contributed by atoms with E-state index in [0.717, 1.165) is 11.6 Å². The fourth-order valence-corrected chi connectivity index (χ4v) is 9.78. The van der Waals surface area contributed by atoms with Gasteiger partial charge in [-0.3, -0.25) is 4.57 Å². The van der Waals surface area contributed by atoms with Crippen molar-refractivity contribution < 1.29 is 87.4 Å². The number of benzene rings is 8. The molecule has 0 bridgehead atoms. The number of alkyl halides is 8. The summed E-state index contributed by atoms with van der Waals surface area (Å²) in [6.45, 7) is -2.42. The summed E-state index contributed by atoms with van der Waals surface area (Å²) in [5, 5.41) is 0.282. The minimum absolute atomic E-state index is 0. The van der Waals surface area contributed by atoms with Crippen LogP contribution in [0.2, 0.25) is 0 Å². The predicted molar refractivity (Wildman–Crippen MR) is 282 cm³/mol. The molecule has 0 amide bonds. The third-order valence-electron chi connectivity index (χ3n) is 13.5. The Kier molecular flexibility index (Phi) is 8.67. The summed E-state index contributed by atoms with van der Waals surface area (Å²) in [6, 6.07) is 24.0. The first-order chi connectivity index (χ1) is 43.3. The SMILES string of the molecule is [2H]c1c([2H])c([2H])c(-c2cccc(-c3c([2H])c([2H])c([2H])c([2H])c3[2H])c2-[n+]2[c-]n(-c3[c-]c(Oc4[c-]c5c(cc4-c4c(C([2H])([2H])[2H])cc6c(c4C([2H])([2H])[2H])C(F)(F)C(F)(F)C(F)(F)C6(F)F)c4ccccc4n5-c4cc(C(C)(C)C)ccn4)ccc3)c3ccccc32)c([2H])c1[2H].[Pt]. The number of fused-ring (bicyclic) bond motifs is 5. The summed E-state index contributed by atoms with van der Waals surface area (Å²) < 4.78 is 278. The molecule has 11 aromatic rings. The molecule has 78 heavy (non-hydrogen) atoms. The van der Waals surface area contributed by atoms with Gasteiger partial charge in [-0.1, -0.05) is 164 Å². The van der Waals surface area contributed by atoms with E-state index in [2.05, 4.69) is 23.4 Å². The van der Waals surface area contributed by atoms with Gasteiger partial charge in [-0.15, -0.1) is 23.6 Å². The van der Waals surface area contributed by atoms with Gasteiger partial charge in [0.05, 0.1) is 30.4 Å². The van der Waals surface area contributed by atoms with Crippen LogP contribution in [0.1, 0.15) is 70.5 Å². The Hall–Kier alpha value is -7.89. The molecule has 0 saturated heterocycles. The van der Waals surface area contributed by atoms with Gasteiger partial charge in [0.2, 0.25) is 0 Å². The van der Waals surface area contributed by atoms with Gasteiger partial charge in [-0.25, -0.2) is 4.98 Å². The van der Waals surface area contributed by atoms with E-state index in [9.17, 15) is 0 Å². The van der Waals surface area contributed by atoms with E-state index in [1.807, 2.05) is 20.8 Å². The molecular weight excluding hydrogens is 1190 g/mol. The first-order valence-electron chi connectivity index (χ1n) is 31.4. The number of hydrogen-bond acceptors (Lipinski definition) is 2. The molecule has 0 aliphatic heterocycles. The molecule has 0 N–H and O–H groups in total. The van der Waals surface area contributed by atoms with Gasteiger partial charge in [0, 0.05) is 63.6 Å². The van der Waals surface area contributed by atoms with Crippen LogP contribution in [0.5, 0.6) is 11.5 Å². The molecule has 14 heteroatoms. The molecule has 0 radical (unpaired) electrons. The zero-order valence-electron chi connectivity index (χ0n) is 56.5. The molecule has 12 rings (SSSR count). The molecule has 1 aliphatic carbocycles. The molecule has 5 nitrogen and oxygen atoms in total. The maximum absolute atomic E-state index is 16.7. The molecule has 3 aromatic heterocycles. The number of pyridine rings is 1. The van der Waals surface area contributed by atoms with Crippen LogP contribution in [-0.4, -0.2) is 26.0 Å². The number of aromatic nitrogens is 4. The van der Waals surface area contributed by atoms with Crippen molar-refractivity contribution in [2.24, 2.45) is 0 Å². The number of halogens is 8. The van der Waals surface area contributed by atoms with E-state index in [-0.39, 0.29) is 93.9 Å². The number of imidazole rings is 1. The first kappa shape index (κ1) is 36.3. The van der Waals surface area contributed by atoms with Crippen LogP contribution < -0.4 is 9.30 Å². The maximum atomic E-state index is 16.7. The molecular formula is C64H44F8N4OPt-2. The Balaban J connectivity index is 0.00000901. The van der Waals surface area contributed by atoms with Crippen molar-refractivity contribution in [3.63, 3.8) is 0 Å². The minimum atomic E-state index is -7.00. The summed E-state index contributed by atoms with van der Waals surface area (Å²) in [4.78, 5) is 4.63. The van der Waals surface area contributed by atoms with Crippen LogP contribution in [-0.2, 0) is 38.3 Å². The summed E-state index contributed by atoms with van der Waals surface area (Å²) >= 11 is 0. The van der Waals surface area contributed by atoms with Gasteiger partial charge < -0.3 is 13.9 Å². The average molecular weight is 1250 g/mol. The second-order valence-corrected chi connectivity index (χ2v) is 19.1. The van der Waals surface area contributed by atoms with Crippen LogP contribution in [0.3, 0.4) is 0 Å². The Labute approximate surface area is 480 Å². The van der Waals surface area contributed by atoms with Crippen molar-refractivity contribution in [2.45, 2.75) is 63.6 Å². The Morgan fingerprint density at radius 3 is 1.96 bits per heavy atom. The van der Waals surface area contributed by atoms with E-state index in [1.54, 1.807) is 65.2 Å². The second-order valence-electron chi connectivity index (χ2n) is 19.1. The Bertz CT molecular complexity index is 4880. The smallest absolute Gasteiger partial charge is 0.382 e. The average Bonchev–Trinajstić information content (AvgIpc) is 0.829. The molecule has 1 aliphatic rings. The number of rotatable bonds is 8. The molecule has 0 atom stereocenters. The molecule has 3 heterocycles. The normalized spacial score (nSPS) is 18.6. The van der Waals surface area contributed by atoms with Crippen LogP contribution in [0, 0.1) is 32.2 Å². The van der Waals surface area contributed by atoms with Gasteiger partial charge >= 0.3 is 23.7 Å². The summed E-state index contributed by atoms with van der Waals surface area (Å²) in [7, 11) is 0. The quantitative estimate of drug-likeness (QED) is 0.0863. The van der Waals surface area contributed by atoms with Gasteiger partial charge in [0.15, 0.2) is 0 Å². The summed E-state index contributed by atoms with van der Waals surface area (Å²) in [5.74, 6) is -27.6. The van der Waals surface area contributed by atoms with Crippen LogP contribution in [0.4, 0.5) is 35.1 Å². The maximum Gasteiger partial charge on any atom is 0.382 e. The predicted octanol–water partition coefficient (Wildman–Crippen LogP) is 17.0. The van der Waals surface area contributed by atoms with E-state index >= 15 is 35.1 Å². The van der Waals surface area contributed by atoms with E-state index in [4.69, 9.17) is 26.7 Å². The van der Waals surface area contributed by atoms with E-state index in [0.29, 0.717) is 5.52 Å². The minimum Gasteiger partial charge on any atom is -0.509 e. The zero-order chi connectivity index (χ0) is 67.7. The Morgan fingerprint density at radius 2 is 1.29 bits per heavy atom. The van der Waals surface area contributed by atoms with Crippen molar-refractivity contribution in [2.75, 3.05) is 0 Å². The standard InChI is InChI=1S/C64H44F8N4O.Pt/c1-38-32-50-58(62(67,68)64(71,72)63(69,70)61(50,65)66)39(2)57(38)49-35-48-47-24-12-13-27-51(47)76(56-33-42(30-31-73-56)60(3,4)5)54(48)36-55(49)77-44-23-16-22-43(34-44)74-37-75(53-29-15-14-28-52(53)74)59-45(40-18-8-6-9-19-40)25-17-26-46(59)41-20-10-7-11-21-41;/h6-33,35H,1-5H3;/q-2;/i1D3,2D3,6D,7D,8D,9D,10D,11D,18D,19D,20D,21D;. The fourth-order valence-electron chi connectivity index (χ4n) is 9.78. The monoisotopic (exact) mass is 1250 g/mol. The number of para-hydroxylation sites is 4. The van der Waals surface area contributed by atoms with Gasteiger partial charge in [0.25, 0.3) is 6.33 Å². The van der Waals surface area contributed by atoms with Crippen LogP contribution in [0.25, 0.3) is 83.4 Å². The van der Waals surface area contributed by atoms with Gasteiger partial charge in [-0.05, 0) is 87.8 Å². The number of ether oxygens (including phenoxy) is 1. The second kappa shape index (κ2) is 18.6. The van der Waals surface area contributed by atoms with E-state index in [1.165, 1.54) is 51.7 Å². The Morgan fingerprint density at radius 1 is 0.654 bits per heavy atom. The third-order valence-corrected chi connectivity index (χ3v) is 13.5. The number of aryl methyl sites for hydroxylation is 1. The largest absolute Gasteiger partial charge is 0.509 e. The van der Waals surface area contributed by atoms with Crippen molar-refractivity contribution in [1.82, 2.24) is 14.1 Å². The van der Waals surface area contributed by atoms with Crippen LogP contribution >= 0.6 is 0 Å². The third kappa shape index (κ3) is 7.89. The molecule has 394 valence electrons. The van der Waals surface area contributed by atoms with Gasteiger partial charge in [0.1, 0.15) is 5.82 Å². The molecule has 0 unspecified atom stereocenters. The number of hydrogen-bond donors (Lipinski definition) is 0.